The molecule has 0 spiro atoms. The van der Waals surface area contributed by atoms with E-state index in [2.05, 4.69) is 0 Å². The summed E-state index contributed by atoms with van der Waals surface area (Å²) in [6.45, 7) is 0. The topological polar surface area (TPSA) is 0 Å². The Bertz CT molecular complexity index is 15.5. The average molecular weight is 229 g/mol. The predicted molar refractivity (Wildman–Crippen MR) is 29.1 cm³/mol. The van der Waals surface area contributed by atoms with Gasteiger partial charge in [-0.05, 0) is 0 Å². The Kier molecular flexibility index (Phi) is 29.6. The predicted octanol–water partition coefficient (Wildman–Crippen LogP) is 1.30. The van der Waals surface area contributed by atoms with Crippen LogP contribution < -0.4 is 0 Å². The van der Waals surface area contributed by atoms with Crippen molar-refractivity contribution in [2.75, 3.05) is 0 Å². The molecule has 0 saturated carbocycles. The van der Waals surface area contributed by atoms with Crippen molar-refractivity contribution in [3.8, 4) is 0 Å². The normalized spacial score (nSPS) is 7.50. The third-order valence-corrected chi connectivity index (χ3v) is 0. The summed E-state index contributed by atoms with van der Waals surface area (Å²) in [4.78, 5) is 0. The summed E-state index contributed by atoms with van der Waals surface area (Å²) in [5, 5.41) is 0. The van der Waals surface area contributed by atoms with Crippen molar-refractivity contribution in [3.63, 3.8) is 0 Å². The maximum absolute atomic E-state index is 4.89. The van der Waals surface area contributed by atoms with Crippen molar-refractivity contribution in [3.05, 3.63) is 0 Å². The van der Waals surface area contributed by atoms with Gasteiger partial charge in [-0.3, -0.25) is 0 Å². The fourth-order valence-corrected chi connectivity index (χ4v) is 0. The third-order valence-electron chi connectivity index (χ3n) is 0. The van der Waals surface area contributed by atoms with Gasteiger partial charge in [0.15, 0.2) is 0 Å². The van der Waals surface area contributed by atoms with Crippen molar-refractivity contribution < 1.29 is 11.2 Å². The van der Waals surface area contributed by atoms with Crippen LogP contribution in [0.5, 0.6) is 0 Å². The summed E-state index contributed by atoms with van der Waals surface area (Å²) < 4.78 is 0. The molecule has 0 saturated heterocycles. The van der Waals surface area contributed by atoms with Crippen LogP contribution in [0.1, 0.15) is 0 Å². The Morgan fingerprint density at radius 1 is 1.00 bits per heavy atom. The summed E-state index contributed by atoms with van der Waals surface area (Å²) in [6, 6.07) is 0. The van der Waals surface area contributed by atoms with Gasteiger partial charge in [-0.15, -0.1) is 0 Å². The van der Waals surface area contributed by atoms with E-state index in [0.29, 0.717) is 0 Å². The van der Waals surface area contributed by atoms with Gasteiger partial charge in [0.2, 0.25) is 0 Å². The first-order valence-electron chi connectivity index (χ1n) is 0.401. The number of halogens is 3. The molecule has 0 atom stereocenters. The minimum atomic E-state index is -1.33. The monoisotopic (exact) mass is 228 g/mol. The third kappa shape index (κ3) is 27.1. The number of hydrogen-bond acceptors (Lipinski definition) is 0. The second kappa shape index (κ2) is 11.0. The van der Waals surface area contributed by atoms with E-state index in [9.17, 15) is 0 Å². The van der Waals surface area contributed by atoms with Crippen LogP contribution in [0, 0.1) is 0 Å². The molecule has 5 radical (unpaired) electrons. The summed E-state index contributed by atoms with van der Waals surface area (Å²) >= 11 is -1.33. The first-order chi connectivity index (χ1) is 1.73. The van der Waals surface area contributed by atoms with Gasteiger partial charge < -0.3 is 0 Å². The van der Waals surface area contributed by atoms with E-state index in [4.69, 9.17) is 30.3 Å². The van der Waals surface area contributed by atoms with Crippen molar-refractivity contribution in [2.45, 2.75) is 0 Å². The number of rotatable bonds is 0. The van der Waals surface area contributed by atoms with Gasteiger partial charge in [-0.2, -0.15) is 0 Å². The minimum absolute atomic E-state index is 0. The van der Waals surface area contributed by atoms with Gasteiger partial charge in [0.25, 0.3) is 0 Å². The van der Waals surface area contributed by atoms with Crippen LogP contribution in [0.15, 0.2) is 0 Å². The molecule has 0 heterocycles. The molecule has 0 rings (SSSR count). The van der Waals surface area contributed by atoms with E-state index >= 15 is 0 Å². The zero-order chi connectivity index (χ0) is 3.58. The van der Waals surface area contributed by atoms with Crippen LogP contribution in [-0.4, -0.2) is 55.1 Å². The molecular formula is AlCaCl3Fe. The zero-order valence-electron chi connectivity index (χ0n) is 2.77. The van der Waals surface area contributed by atoms with Crippen LogP contribution in [-0.2, 0) is 11.2 Å². The van der Waals surface area contributed by atoms with Gasteiger partial charge in [0, 0.05) is 55.1 Å². The van der Waals surface area contributed by atoms with Gasteiger partial charge in [0.05, 0.1) is 0 Å². The molecule has 34 valence electrons. The Balaban J connectivity index is -0.0000000450. The van der Waals surface area contributed by atoms with E-state index < -0.39 is 11.2 Å². The fraction of sp³-hybridized carbons (Fsp3) is 0. The van der Waals surface area contributed by atoms with Crippen molar-refractivity contribution >= 4 is 85.4 Å². The van der Waals surface area contributed by atoms with Gasteiger partial charge in [0.1, 0.15) is 0 Å². The van der Waals surface area contributed by atoms with Gasteiger partial charge in [-0.25, -0.2) is 0 Å². The van der Waals surface area contributed by atoms with Gasteiger partial charge >= 0.3 is 41.5 Å². The van der Waals surface area contributed by atoms with E-state index in [-0.39, 0.29) is 55.1 Å². The molecule has 0 nitrogen and oxygen atoms in total. The van der Waals surface area contributed by atoms with Crippen molar-refractivity contribution in [1.82, 2.24) is 0 Å². The first kappa shape index (κ1) is 16.1. The molecule has 0 aromatic rings. The van der Waals surface area contributed by atoms with Crippen molar-refractivity contribution in [1.29, 1.82) is 0 Å². The van der Waals surface area contributed by atoms with E-state index in [1.54, 1.807) is 0 Å². The van der Waals surface area contributed by atoms with Crippen LogP contribution in [0.4, 0.5) is 0 Å². The molecule has 0 bridgehead atoms. The molecule has 0 aliphatic heterocycles. The quantitative estimate of drug-likeness (QED) is 0.549. The molecule has 6 heteroatoms. The summed E-state index contributed by atoms with van der Waals surface area (Å²) in [5.74, 6) is 0. The second-order valence-corrected chi connectivity index (χ2v) is 5.62. The molecule has 0 aliphatic rings. The standard InChI is InChI=1S/Al.Ca.3ClH.Fe/h;;3*1H;/q;;;;;+3/p-3. The molecule has 0 aliphatic carbocycles. The van der Waals surface area contributed by atoms with Crippen molar-refractivity contribution in [2.24, 2.45) is 0 Å². The summed E-state index contributed by atoms with van der Waals surface area (Å²) in [7, 11) is 14.7. The molecule has 0 unspecified atom stereocenters. The summed E-state index contributed by atoms with van der Waals surface area (Å²) in [6.07, 6.45) is 0. The molecule has 0 aromatic carbocycles. The van der Waals surface area contributed by atoms with E-state index in [1.165, 1.54) is 0 Å². The summed E-state index contributed by atoms with van der Waals surface area (Å²) in [5.41, 5.74) is 0. The van der Waals surface area contributed by atoms with E-state index in [0.717, 1.165) is 0 Å². The molecule has 0 aromatic heterocycles. The SMILES string of the molecule is [Al].[Ca].[Cl][Fe]([Cl])[Cl]. The first-order valence-corrected chi connectivity index (χ1v) is 4.96. The fourth-order valence-electron chi connectivity index (χ4n) is 0. The molecule has 0 amide bonds. The Morgan fingerprint density at radius 3 is 1.00 bits per heavy atom. The van der Waals surface area contributed by atoms with Crippen LogP contribution in [0.25, 0.3) is 0 Å². The Morgan fingerprint density at radius 2 is 1.00 bits per heavy atom. The second-order valence-electron chi connectivity index (χ2n) is 0.152. The average Bonchev–Trinajstić information content (AvgIpc) is 0.811. The number of hydrogen-bond donors (Lipinski definition) is 0. The molecule has 0 fully saturated rings. The molecule has 6 heavy (non-hydrogen) atoms. The Labute approximate surface area is 94.6 Å². The zero-order valence-corrected chi connectivity index (χ0v) is 9.51. The van der Waals surface area contributed by atoms with Crippen LogP contribution in [0.2, 0.25) is 0 Å². The molecular weight excluding hydrogens is 229 g/mol. The van der Waals surface area contributed by atoms with Crippen LogP contribution in [0.3, 0.4) is 0 Å². The van der Waals surface area contributed by atoms with Crippen LogP contribution >= 0.6 is 30.3 Å². The molecule has 0 N–H and O–H groups in total. The van der Waals surface area contributed by atoms with E-state index in [1.807, 2.05) is 0 Å². The maximum atomic E-state index is 4.89. The van der Waals surface area contributed by atoms with Gasteiger partial charge in [-0.1, -0.05) is 0 Å². The Hall–Kier alpha value is 3.18.